The smallest absolute Gasteiger partial charge is 0.252 e. The molecule has 0 spiro atoms. The number of carbonyl (C=O) groups excluding carboxylic acids is 1. The number of nitrogens with zero attached hydrogens (tertiary/aromatic N) is 1. The van der Waals surface area contributed by atoms with Gasteiger partial charge in [-0.25, -0.2) is 0 Å². The van der Waals surface area contributed by atoms with E-state index in [2.05, 4.69) is 55.3 Å². The second kappa shape index (κ2) is 12.2. The van der Waals surface area contributed by atoms with Gasteiger partial charge in [-0.15, -0.1) is 0 Å². The standard InChI is InChI=1S/C28H40N2O3/c1-5-30(6-2)18-10-12-22(3)29-27(31)28(17-11-19-33-28)21-23-13-9-14-24(20-23)25-15-7-8-16-26(25)32-4/h7-9,13-16,20,22H,5-6,10-12,17-19,21H2,1-4H3,(H,29,31)/t22-,28+/m1/s1. The van der Waals surface area contributed by atoms with Gasteiger partial charge in [0.15, 0.2) is 5.60 Å². The van der Waals surface area contributed by atoms with Crippen LogP contribution in [0.1, 0.15) is 52.0 Å². The fourth-order valence-electron chi connectivity index (χ4n) is 4.75. The van der Waals surface area contributed by atoms with E-state index in [0.717, 1.165) is 67.8 Å². The summed E-state index contributed by atoms with van der Waals surface area (Å²) in [6.45, 7) is 10.3. The van der Waals surface area contributed by atoms with Gasteiger partial charge in [0.2, 0.25) is 0 Å². The number of hydrogen-bond donors (Lipinski definition) is 1. The van der Waals surface area contributed by atoms with E-state index < -0.39 is 5.60 Å². The Hall–Kier alpha value is -2.37. The summed E-state index contributed by atoms with van der Waals surface area (Å²) in [4.78, 5) is 15.8. The third kappa shape index (κ3) is 6.58. The van der Waals surface area contributed by atoms with Crippen molar-refractivity contribution in [2.45, 2.75) is 64.5 Å². The Labute approximate surface area is 199 Å². The molecule has 3 rings (SSSR count). The molecular formula is C28H40N2O3. The number of hydrogen-bond acceptors (Lipinski definition) is 4. The molecule has 180 valence electrons. The number of carbonyl (C=O) groups is 1. The van der Waals surface area contributed by atoms with E-state index in [1.165, 1.54) is 0 Å². The quantitative estimate of drug-likeness (QED) is 0.488. The Balaban J connectivity index is 1.68. The molecular weight excluding hydrogens is 412 g/mol. The number of nitrogens with one attached hydrogen (secondary N) is 1. The van der Waals surface area contributed by atoms with Crippen LogP contribution in [0.15, 0.2) is 48.5 Å². The molecule has 5 nitrogen and oxygen atoms in total. The zero-order valence-corrected chi connectivity index (χ0v) is 20.7. The highest BCUT2D eigenvalue weighted by molar-refractivity contribution is 5.86. The molecule has 0 saturated carbocycles. The number of para-hydroxylation sites is 1. The van der Waals surface area contributed by atoms with E-state index in [-0.39, 0.29) is 11.9 Å². The summed E-state index contributed by atoms with van der Waals surface area (Å²) < 4.78 is 11.7. The van der Waals surface area contributed by atoms with Crippen LogP contribution in [0.4, 0.5) is 0 Å². The van der Waals surface area contributed by atoms with Gasteiger partial charge in [0.25, 0.3) is 5.91 Å². The van der Waals surface area contributed by atoms with Gasteiger partial charge >= 0.3 is 0 Å². The van der Waals surface area contributed by atoms with Crippen molar-refractivity contribution in [2.75, 3.05) is 33.4 Å². The maximum Gasteiger partial charge on any atom is 0.252 e. The van der Waals surface area contributed by atoms with Crippen LogP contribution in [-0.2, 0) is 16.0 Å². The average molecular weight is 453 g/mol. The molecule has 0 aliphatic carbocycles. The first-order valence-electron chi connectivity index (χ1n) is 12.4. The Morgan fingerprint density at radius 2 is 1.97 bits per heavy atom. The molecule has 0 aromatic heterocycles. The minimum atomic E-state index is -0.785. The first kappa shape index (κ1) is 25.3. The second-order valence-corrected chi connectivity index (χ2v) is 9.07. The molecule has 1 fully saturated rings. The molecule has 1 aliphatic heterocycles. The second-order valence-electron chi connectivity index (χ2n) is 9.07. The highest BCUT2D eigenvalue weighted by Crippen LogP contribution is 2.34. The van der Waals surface area contributed by atoms with E-state index in [1.54, 1.807) is 7.11 Å². The summed E-state index contributed by atoms with van der Waals surface area (Å²) in [5.41, 5.74) is 2.45. The summed E-state index contributed by atoms with van der Waals surface area (Å²) in [5.74, 6) is 0.871. The highest BCUT2D eigenvalue weighted by Gasteiger charge is 2.43. The van der Waals surface area contributed by atoms with Crippen LogP contribution in [0.2, 0.25) is 0 Å². The SMILES string of the molecule is CCN(CC)CCC[C@@H](C)NC(=O)[C@@]1(Cc2cccc(-c3ccccc3OC)c2)CCCO1. The molecule has 2 aromatic rings. The van der Waals surface area contributed by atoms with Gasteiger partial charge in [0, 0.05) is 24.6 Å². The van der Waals surface area contributed by atoms with E-state index in [4.69, 9.17) is 9.47 Å². The van der Waals surface area contributed by atoms with Gasteiger partial charge < -0.3 is 19.7 Å². The zero-order valence-electron chi connectivity index (χ0n) is 20.7. The van der Waals surface area contributed by atoms with Gasteiger partial charge in [0.1, 0.15) is 5.75 Å². The van der Waals surface area contributed by atoms with Crippen LogP contribution in [0.3, 0.4) is 0 Å². The highest BCUT2D eigenvalue weighted by atomic mass is 16.5. The maximum atomic E-state index is 13.4. The van der Waals surface area contributed by atoms with Crippen molar-refractivity contribution in [2.24, 2.45) is 0 Å². The lowest BCUT2D eigenvalue weighted by molar-refractivity contribution is -0.142. The Kier molecular flexibility index (Phi) is 9.33. The largest absolute Gasteiger partial charge is 0.496 e. The van der Waals surface area contributed by atoms with Gasteiger partial charge in [-0.2, -0.15) is 0 Å². The number of methoxy groups -OCH3 is 1. The van der Waals surface area contributed by atoms with Gasteiger partial charge in [0.05, 0.1) is 7.11 Å². The van der Waals surface area contributed by atoms with E-state index in [1.807, 2.05) is 24.3 Å². The lowest BCUT2D eigenvalue weighted by atomic mass is 9.89. The molecule has 2 atom stereocenters. The van der Waals surface area contributed by atoms with Crippen LogP contribution in [0.5, 0.6) is 5.75 Å². The van der Waals surface area contributed by atoms with Crippen LogP contribution in [0, 0.1) is 0 Å². The van der Waals surface area contributed by atoms with E-state index in [0.29, 0.717) is 13.0 Å². The summed E-state index contributed by atoms with van der Waals surface area (Å²) in [6.07, 6.45) is 4.30. The Morgan fingerprint density at radius 1 is 1.18 bits per heavy atom. The number of rotatable bonds is 12. The predicted octanol–water partition coefficient (Wildman–Crippen LogP) is 5.08. The number of benzene rings is 2. The molecule has 33 heavy (non-hydrogen) atoms. The fraction of sp³-hybridized carbons (Fsp3) is 0.536. The lowest BCUT2D eigenvalue weighted by Gasteiger charge is -2.29. The van der Waals surface area contributed by atoms with Crippen LogP contribution >= 0.6 is 0 Å². The molecule has 1 saturated heterocycles. The third-order valence-corrected chi connectivity index (χ3v) is 6.74. The monoisotopic (exact) mass is 452 g/mol. The van der Waals surface area contributed by atoms with Crippen molar-refractivity contribution < 1.29 is 14.3 Å². The van der Waals surface area contributed by atoms with Crippen LogP contribution in [0.25, 0.3) is 11.1 Å². The molecule has 1 heterocycles. The summed E-state index contributed by atoms with van der Waals surface area (Å²) in [5, 5.41) is 3.25. The van der Waals surface area contributed by atoms with Gasteiger partial charge in [-0.1, -0.05) is 56.3 Å². The molecule has 0 radical (unpaired) electrons. The molecule has 5 heteroatoms. The average Bonchev–Trinajstić information content (AvgIpc) is 3.31. The number of amides is 1. The van der Waals surface area contributed by atoms with E-state index in [9.17, 15) is 4.79 Å². The topological polar surface area (TPSA) is 50.8 Å². The van der Waals surface area contributed by atoms with Crippen molar-refractivity contribution in [3.63, 3.8) is 0 Å². The van der Waals surface area contributed by atoms with Crippen molar-refractivity contribution in [1.82, 2.24) is 10.2 Å². The molecule has 1 amide bonds. The van der Waals surface area contributed by atoms with Gasteiger partial charge in [-0.05, 0) is 69.4 Å². The minimum absolute atomic E-state index is 0.0260. The van der Waals surface area contributed by atoms with Crippen molar-refractivity contribution in [3.05, 3.63) is 54.1 Å². The Bertz CT molecular complexity index is 888. The summed E-state index contributed by atoms with van der Waals surface area (Å²) in [7, 11) is 1.69. The minimum Gasteiger partial charge on any atom is -0.496 e. The van der Waals surface area contributed by atoms with Crippen molar-refractivity contribution in [3.8, 4) is 16.9 Å². The predicted molar refractivity (Wildman–Crippen MR) is 135 cm³/mol. The van der Waals surface area contributed by atoms with Crippen LogP contribution in [-0.4, -0.2) is 55.8 Å². The third-order valence-electron chi connectivity index (χ3n) is 6.74. The molecule has 0 unspecified atom stereocenters. The lowest BCUT2D eigenvalue weighted by Crippen LogP contribution is -2.50. The molecule has 2 aromatic carbocycles. The zero-order chi connectivity index (χ0) is 23.7. The maximum absolute atomic E-state index is 13.4. The molecule has 1 aliphatic rings. The summed E-state index contributed by atoms with van der Waals surface area (Å²) in [6, 6.07) is 16.5. The van der Waals surface area contributed by atoms with Gasteiger partial charge in [-0.3, -0.25) is 4.79 Å². The number of ether oxygens (including phenoxy) is 2. The molecule has 1 N–H and O–H groups in total. The van der Waals surface area contributed by atoms with Crippen molar-refractivity contribution in [1.29, 1.82) is 0 Å². The fourth-order valence-corrected chi connectivity index (χ4v) is 4.75. The normalized spacial score (nSPS) is 18.9. The summed E-state index contributed by atoms with van der Waals surface area (Å²) >= 11 is 0. The Morgan fingerprint density at radius 3 is 2.67 bits per heavy atom. The van der Waals surface area contributed by atoms with Crippen LogP contribution < -0.4 is 10.1 Å². The van der Waals surface area contributed by atoms with Crippen molar-refractivity contribution >= 4 is 5.91 Å². The first-order valence-corrected chi connectivity index (χ1v) is 12.4. The first-order chi connectivity index (χ1) is 16.0. The van der Waals surface area contributed by atoms with E-state index >= 15 is 0 Å². The molecule has 0 bridgehead atoms.